The first-order valence-electron chi connectivity index (χ1n) is 7.69. The van der Waals surface area contributed by atoms with Crippen LogP contribution in [-0.2, 0) is 6.42 Å². The Morgan fingerprint density at radius 2 is 2.24 bits per heavy atom. The van der Waals surface area contributed by atoms with E-state index < -0.39 is 0 Å². The molecule has 2 aromatic heterocycles. The topological polar surface area (TPSA) is 29.0 Å². The van der Waals surface area contributed by atoms with Gasteiger partial charge in [0.2, 0.25) is 0 Å². The van der Waals surface area contributed by atoms with E-state index in [1.807, 2.05) is 6.20 Å². The minimum absolute atomic E-state index is 0.777. The Morgan fingerprint density at radius 1 is 1.38 bits per heavy atom. The summed E-state index contributed by atoms with van der Waals surface area (Å²) >= 11 is 1.74. The van der Waals surface area contributed by atoms with Crippen molar-refractivity contribution in [1.29, 1.82) is 0 Å². The second-order valence-electron chi connectivity index (χ2n) is 6.18. The van der Waals surface area contributed by atoms with Gasteiger partial charge in [-0.3, -0.25) is 4.98 Å². The lowest BCUT2D eigenvalue weighted by atomic mass is 9.92. The van der Waals surface area contributed by atoms with Crippen molar-refractivity contribution in [1.82, 2.24) is 14.9 Å². The van der Waals surface area contributed by atoms with Gasteiger partial charge in [0.05, 0.1) is 11.4 Å². The molecule has 21 heavy (non-hydrogen) atoms. The predicted molar refractivity (Wildman–Crippen MR) is 88.7 cm³/mol. The molecule has 3 nitrogen and oxygen atoms in total. The van der Waals surface area contributed by atoms with Gasteiger partial charge in [-0.25, -0.2) is 4.98 Å². The highest BCUT2D eigenvalue weighted by Crippen LogP contribution is 2.27. The number of rotatable bonds is 3. The van der Waals surface area contributed by atoms with E-state index in [4.69, 9.17) is 0 Å². The molecule has 0 aliphatic carbocycles. The monoisotopic (exact) mass is 301 g/mol. The maximum Gasteiger partial charge on any atom is 0.142 e. The number of aromatic nitrogens is 2. The summed E-state index contributed by atoms with van der Waals surface area (Å²) in [5.74, 6) is 0.777. The lowest BCUT2D eigenvalue weighted by Crippen LogP contribution is -2.32. The molecule has 0 amide bonds. The minimum atomic E-state index is 0.777. The normalized spacial score (nSPS) is 19.9. The van der Waals surface area contributed by atoms with Crippen LogP contribution < -0.4 is 0 Å². The zero-order valence-corrected chi connectivity index (χ0v) is 13.9. The number of thiazole rings is 1. The van der Waals surface area contributed by atoms with Crippen LogP contribution in [0.4, 0.5) is 0 Å². The summed E-state index contributed by atoms with van der Waals surface area (Å²) in [6.07, 6.45) is 5.76. The highest BCUT2D eigenvalue weighted by atomic mass is 32.1. The Kier molecular flexibility index (Phi) is 4.36. The molecule has 1 saturated heterocycles. The van der Waals surface area contributed by atoms with Crippen molar-refractivity contribution in [3.05, 3.63) is 34.5 Å². The van der Waals surface area contributed by atoms with Gasteiger partial charge in [-0.05, 0) is 70.3 Å². The number of likely N-dealkylation sites (tertiary alicyclic amines) is 1. The number of piperidine rings is 1. The number of pyridine rings is 1. The quantitative estimate of drug-likeness (QED) is 0.865. The smallest absolute Gasteiger partial charge is 0.142 e. The lowest BCUT2D eigenvalue weighted by Gasteiger charge is -2.29. The SMILES string of the molecule is Cc1nc(-c2cc(C[C@H]3CCCN(C)C3)ccn2)sc1C. The molecule has 0 aromatic carbocycles. The summed E-state index contributed by atoms with van der Waals surface area (Å²) in [7, 11) is 2.23. The van der Waals surface area contributed by atoms with Crippen molar-refractivity contribution >= 4 is 11.3 Å². The first-order chi connectivity index (χ1) is 10.1. The summed E-state index contributed by atoms with van der Waals surface area (Å²) in [5, 5.41) is 1.05. The van der Waals surface area contributed by atoms with Gasteiger partial charge in [-0.2, -0.15) is 0 Å². The van der Waals surface area contributed by atoms with Crippen molar-refractivity contribution in [2.24, 2.45) is 5.92 Å². The molecule has 1 aliphatic heterocycles. The lowest BCUT2D eigenvalue weighted by molar-refractivity contribution is 0.209. The van der Waals surface area contributed by atoms with Crippen LogP contribution in [0, 0.1) is 19.8 Å². The molecular weight excluding hydrogens is 278 g/mol. The second kappa shape index (κ2) is 6.24. The van der Waals surface area contributed by atoms with E-state index in [1.54, 1.807) is 11.3 Å². The van der Waals surface area contributed by atoms with Crippen LogP contribution in [0.25, 0.3) is 10.7 Å². The Morgan fingerprint density at radius 3 is 2.95 bits per heavy atom. The molecule has 0 unspecified atom stereocenters. The van der Waals surface area contributed by atoms with Gasteiger partial charge in [0.1, 0.15) is 5.01 Å². The van der Waals surface area contributed by atoms with Crippen LogP contribution in [0.15, 0.2) is 18.3 Å². The molecule has 2 aromatic rings. The fourth-order valence-corrected chi connectivity index (χ4v) is 3.96. The maximum absolute atomic E-state index is 4.63. The summed E-state index contributed by atoms with van der Waals surface area (Å²) in [6.45, 7) is 6.65. The highest BCUT2D eigenvalue weighted by Gasteiger charge is 2.18. The molecular formula is C17H23N3S. The van der Waals surface area contributed by atoms with Crippen molar-refractivity contribution < 1.29 is 0 Å². The van der Waals surface area contributed by atoms with Gasteiger partial charge < -0.3 is 4.90 Å². The van der Waals surface area contributed by atoms with Crippen LogP contribution in [-0.4, -0.2) is 35.0 Å². The number of hydrogen-bond acceptors (Lipinski definition) is 4. The van der Waals surface area contributed by atoms with E-state index in [9.17, 15) is 0 Å². The summed E-state index contributed by atoms with van der Waals surface area (Å²) < 4.78 is 0. The summed E-state index contributed by atoms with van der Waals surface area (Å²) in [5.41, 5.74) is 3.54. The Bertz CT molecular complexity index is 601. The largest absolute Gasteiger partial charge is 0.306 e. The molecule has 0 N–H and O–H groups in total. The Hall–Kier alpha value is -1.26. The predicted octanol–water partition coefficient (Wildman–Crippen LogP) is 3.71. The van der Waals surface area contributed by atoms with E-state index >= 15 is 0 Å². The minimum Gasteiger partial charge on any atom is -0.306 e. The van der Waals surface area contributed by atoms with E-state index in [1.165, 1.54) is 36.4 Å². The van der Waals surface area contributed by atoms with E-state index in [2.05, 4.69) is 47.9 Å². The van der Waals surface area contributed by atoms with Gasteiger partial charge in [-0.15, -0.1) is 11.3 Å². The Labute approximate surface area is 131 Å². The van der Waals surface area contributed by atoms with Crippen LogP contribution in [0.2, 0.25) is 0 Å². The van der Waals surface area contributed by atoms with Crippen LogP contribution in [0.1, 0.15) is 29.0 Å². The van der Waals surface area contributed by atoms with Crippen LogP contribution in [0.5, 0.6) is 0 Å². The van der Waals surface area contributed by atoms with Gasteiger partial charge in [0, 0.05) is 17.6 Å². The van der Waals surface area contributed by atoms with Crippen LogP contribution >= 0.6 is 11.3 Å². The third kappa shape index (κ3) is 3.50. The first kappa shape index (κ1) is 14.7. The molecule has 0 bridgehead atoms. The first-order valence-corrected chi connectivity index (χ1v) is 8.51. The molecule has 4 heteroatoms. The van der Waals surface area contributed by atoms with Gasteiger partial charge in [0.15, 0.2) is 0 Å². The molecule has 0 radical (unpaired) electrons. The van der Waals surface area contributed by atoms with Crippen molar-refractivity contribution in [2.75, 3.05) is 20.1 Å². The molecule has 3 rings (SSSR count). The maximum atomic E-state index is 4.63. The average molecular weight is 301 g/mol. The van der Waals surface area contributed by atoms with Gasteiger partial charge in [-0.1, -0.05) is 0 Å². The number of aryl methyl sites for hydroxylation is 2. The highest BCUT2D eigenvalue weighted by molar-refractivity contribution is 7.15. The van der Waals surface area contributed by atoms with Crippen molar-refractivity contribution in [3.8, 4) is 10.7 Å². The van der Waals surface area contributed by atoms with Crippen LogP contribution in [0.3, 0.4) is 0 Å². The number of nitrogens with zero attached hydrogens (tertiary/aromatic N) is 3. The standard InChI is InChI=1S/C17H23N3S/c1-12-13(2)21-17(19-12)16-10-14(6-7-18-16)9-15-5-4-8-20(3)11-15/h6-7,10,15H,4-5,8-9,11H2,1-3H3/t15-/m1/s1. The fraction of sp³-hybridized carbons (Fsp3) is 0.529. The zero-order chi connectivity index (χ0) is 14.8. The summed E-state index contributed by atoms with van der Waals surface area (Å²) in [4.78, 5) is 12.9. The van der Waals surface area contributed by atoms with Crippen molar-refractivity contribution in [3.63, 3.8) is 0 Å². The molecule has 0 saturated carbocycles. The molecule has 1 fully saturated rings. The third-order valence-electron chi connectivity index (χ3n) is 4.32. The molecule has 112 valence electrons. The molecule has 0 spiro atoms. The Balaban J connectivity index is 1.76. The summed E-state index contributed by atoms with van der Waals surface area (Å²) in [6, 6.07) is 4.39. The van der Waals surface area contributed by atoms with E-state index in [0.717, 1.165) is 28.7 Å². The zero-order valence-electron chi connectivity index (χ0n) is 13.1. The average Bonchev–Trinajstić information content (AvgIpc) is 2.79. The third-order valence-corrected chi connectivity index (χ3v) is 5.41. The molecule has 1 atom stereocenters. The molecule has 1 aliphatic rings. The van der Waals surface area contributed by atoms with Crippen molar-refractivity contribution in [2.45, 2.75) is 33.1 Å². The van der Waals surface area contributed by atoms with E-state index in [0.29, 0.717) is 0 Å². The number of hydrogen-bond donors (Lipinski definition) is 0. The molecule has 3 heterocycles. The van der Waals surface area contributed by atoms with Gasteiger partial charge in [0.25, 0.3) is 0 Å². The van der Waals surface area contributed by atoms with Gasteiger partial charge >= 0.3 is 0 Å². The van der Waals surface area contributed by atoms with E-state index in [-0.39, 0.29) is 0 Å². The second-order valence-corrected chi connectivity index (χ2v) is 7.39. The fourth-order valence-electron chi connectivity index (χ4n) is 3.07.